The Morgan fingerprint density at radius 3 is 2.66 bits per heavy atom. The highest BCUT2D eigenvalue weighted by Crippen LogP contribution is 2.51. The number of nitrogens with one attached hydrogen (secondary N) is 1. The first kappa shape index (κ1) is 23.8. The van der Waals surface area contributed by atoms with Crippen LogP contribution in [0.25, 0.3) is 0 Å². The number of rotatable bonds is 5. The fourth-order valence-corrected chi connectivity index (χ4v) is 7.35. The Hall–Kier alpha value is -2.89. The highest BCUT2D eigenvalue weighted by atomic mass is 32.2. The lowest BCUT2D eigenvalue weighted by molar-refractivity contribution is -0.124. The number of amidine groups is 1. The van der Waals surface area contributed by atoms with Crippen molar-refractivity contribution in [1.82, 2.24) is 4.90 Å². The topological polar surface area (TPSA) is 71.7 Å². The van der Waals surface area contributed by atoms with Crippen LogP contribution in [0.15, 0.2) is 62.3 Å². The summed E-state index contributed by atoms with van der Waals surface area (Å²) in [6.07, 6.45) is 5.47. The van der Waals surface area contributed by atoms with Gasteiger partial charge in [-0.25, -0.2) is 4.99 Å². The summed E-state index contributed by atoms with van der Waals surface area (Å²) >= 11 is 3.15. The van der Waals surface area contributed by atoms with Crippen molar-refractivity contribution in [2.45, 2.75) is 56.9 Å². The second kappa shape index (κ2) is 10.4. The van der Waals surface area contributed by atoms with Crippen molar-refractivity contribution in [2.24, 2.45) is 4.99 Å². The fraction of sp³-hybridized carbons (Fsp3) is 0.370. The van der Waals surface area contributed by atoms with Crippen LogP contribution in [0.2, 0.25) is 0 Å². The Morgan fingerprint density at radius 1 is 1.11 bits per heavy atom. The average molecular weight is 504 g/mol. The van der Waals surface area contributed by atoms with Gasteiger partial charge in [0, 0.05) is 24.0 Å². The normalized spacial score (nSPS) is 21.5. The van der Waals surface area contributed by atoms with E-state index in [1.165, 1.54) is 23.1 Å². The minimum absolute atomic E-state index is 0.0517. The number of benzene rings is 2. The summed E-state index contributed by atoms with van der Waals surface area (Å²) < 4.78 is 0. The minimum Gasteiger partial charge on any atom is -0.384 e. The molecule has 0 radical (unpaired) electrons. The van der Waals surface area contributed by atoms with Crippen molar-refractivity contribution >= 4 is 51.7 Å². The number of amides is 1. The van der Waals surface area contributed by atoms with Crippen LogP contribution in [0, 0.1) is 11.3 Å². The molecule has 1 aliphatic carbocycles. The summed E-state index contributed by atoms with van der Waals surface area (Å²) in [4.78, 5) is 25.1. The summed E-state index contributed by atoms with van der Waals surface area (Å²) in [6.45, 7) is 5.70. The maximum atomic E-state index is 14.0. The number of nitriles is 1. The van der Waals surface area contributed by atoms with Crippen LogP contribution in [0.1, 0.15) is 51.5 Å². The number of para-hydroxylation sites is 1. The highest BCUT2D eigenvalue weighted by Gasteiger charge is 2.43. The molecule has 1 amide bonds. The number of aliphatic imine (C=N–C) groups is 1. The van der Waals surface area contributed by atoms with Gasteiger partial charge in [-0.05, 0) is 68.8 Å². The molecule has 2 aromatic rings. The van der Waals surface area contributed by atoms with Crippen molar-refractivity contribution in [3.8, 4) is 6.07 Å². The van der Waals surface area contributed by atoms with Gasteiger partial charge in [-0.2, -0.15) is 5.26 Å². The van der Waals surface area contributed by atoms with E-state index in [0.29, 0.717) is 16.4 Å². The molecule has 35 heavy (non-hydrogen) atoms. The van der Waals surface area contributed by atoms with Gasteiger partial charge in [0.15, 0.2) is 5.17 Å². The number of thioether (sulfide) groups is 2. The van der Waals surface area contributed by atoms with Gasteiger partial charge >= 0.3 is 0 Å². The molecule has 8 heteroatoms. The third kappa shape index (κ3) is 4.55. The first-order chi connectivity index (χ1) is 17.1. The van der Waals surface area contributed by atoms with Gasteiger partial charge in [-0.1, -0.05) is 43.2 Å². The van der Waals surface area contributed by atoms with Crippen molar-refractivity contribution in [2.75, 3.05) is 23.3 Å². The standard InChI is InChI=1S/C27H29N5OS2/c1-3-29-20-15-14-18(17-28)16-21(20)30-27-32(19-10-6-5-7-11-19)25(33)24(35-27)26-31(4-2)22-12-8-9-13-23(22)34-26/h8-9,12-16,19,29H,3-7,10-11H2,1-2H3/b26-24-,30-27?. The van der Waals surface area contributed by atoms with Crippen molar-refractivity contribution in [3.05, 3.63) is 58.0 Å². The number of nitrogens with zero attached hydrogens (tertiary/aromatic N) is 4. The first-order valence-electron chi connectivity index (χ1n) is 12.3. The molecule has 2 fully saturated rings. The Morgan fingerprint density at radius 2 is 1.91 bits per heavy atom. The van der Waals surface area contributed by atoms with Crippen molar-refractivity contribution in [1.29, 1.82) is 5.26 Å². The van der Waals surface area contributed by atoms with Gasteiger partial charge in [0.25, 0.3) is 5.91 Å². The van der Waals surface area contributed by atoms with Gasteiger partial charge in [0.05, 0.1) is 28.7 Å². The number of carbonyl (C=O) groups excluding carboxylic acids is 1. The van der Waals surface area contributed by atoms with Crippen LogP contribution < -0.4 is 10.2 Å². The molecule has 1 saturated carbocycles. The summed E-state index contributed by atoms with van der Waals surface area (Å²) in [7, 11) is 0. The third-order valence-electron chi connectivity index (χ3n) is 6.58. The van der Waals surface area contributed by atoms with Crippen LogP contribution in [0.3, 0.4) is 0 Å². The van der Waals surface area contributed by atoms with Gasteiger partial charge < -0.3 is 10.2 Å². The van der Waals surface area contributed by atoms with E-state index in [0.717, 1.165) is 60.1 Å². The maximum Gasteiger partial charge on any atom is 0.269 e. The van der Waals surface area contributed by atoms with E-state index in [-0.39, 0.29) is 11.9 Å². The molecule has 3 aliphatic rings. The summed E-state index contributed by atoms with van der Waals surface area (Å²) in [5.41, 5.74) is 3.28. The summed E-state index contributed by atoms with van der Waals surface area (Å²) in [6, 6.07) is 16.2. The molecule has 5 rings (SSSR count). The SMILES string of the molecule is CCNc1ccc(C#N)cc1N=C1S/C(=C2\Sc3ccccc3N2CC)C(=O)N1C1CCCCC1. The van der Waals surface area contributed by atoms with Crippen LogP contribution in [0.4, 0.5) is 17.1 Å². The number of carbonyl (C=O) groups is 1. The van der Waals surface area contributed by atoms with E-state index >= 15 is 0 Å². The van der Waals surface area contributed by atoms with E-state index in [1.807, 2.05) is 30.0 Å². The Bertz CT molecular complexity index is 1240. The Balaban J connectivity index is 1.60. The largest absolute Gasteiger partial charge is 0.384 e. The molecule has 0 atom stereocenters. The number of hydrogen-bond acceptors (Lipinski definition) is 7. The zero-order chi connectivity index (χ0) is 24.4. The molecule has 2 heterocycles. The molecule has 0 unspecified atom stereocenters. The average Bonchev–Trinajstić information content (AvgIpc) is 3.42. The smallest absolute Gasteiger partial charge is 0.269 e. The van der Waals surface area contributed by atoms with E-state index in [9.17, 15) is 10.1 Å². The highest BCUT2D eigenvalue weighted by molar-refractivity contribution is 8.19. The number of anilines is 2. The second-order valence-electron chi connectivity index (χ2n) is 8.79. The van der Waals surface area contributed by atoms with E-state index in [4.69, 9.17) is 4.99 Å². The minimum atomic E-state index is 0.0517. The fourth-order valence-electron chi connectivity index (χ4n) is 4.91. The molecule has 0 spiro atoms. The summed E-state index contributed by atoms with van der Waals surface area (Å²) in [5.74, 6) is 0.0517. The number of hydrogen-bond donors (Lipinski definition) is 1. The molecule has 2 aromatic carbocycles. The van der Waals surface area contributed by atoms with Crippen LogP contribution in [-0.4, -0.2) is 35.1 Å². The molecule has 2 aliphatic heterocycles. The maximum absolute atomic E-state index is 14.0. The van der Waals surface area contributed by atoms with Crippen LogP contribution in [0.5, 0.6) is 0 Å². The zero-order valence-electron chi connectivity index (χ0n) is 20.1. The quantitative estimate of drug-likeness (QED) is 0.459. The van der Waals surface area contributed by atoms with Crippen LogP contribution >= 0.6 is 23.5 Å². The van der Waals surface area contributed by atoms with E-state index < -0.39 is 0 Å². The lowest BCUT2D eigenvalue weighted by Crippen LogP contribution is -2.40. The van der Waals surface area contributed by atoms with Gasteiger partial charge in [0.2, 0.25) is 0 Å². The van der Waals surface area contributed by atoms with E-state index in [2.05, 4.69) is 35.3 Å². The van der Waals surface area contributed by atoms with Crippen LogP contribution in [-0.2, 0) is 4.79 Å². The molecule has 180 valence electrons. The second-order valence-corrected chi connectivity index (χ2v) is 10.8. The molecular formula is C27H29N5OS2. The van der Waals surface area contributed by atoms with E-state index in [1.54, 1.807) is 23.9 Å². The zero-order valence-corrected chi connectivity index (χ0v) is 21.7. The summed E-state index contributed by atoms with van der Waals surface area (Å²) in [5, 5.41) is 14.5. The number of fused-ring (bicyclic) bond motifs is 1. The van der Waals surface area contributed by atoms with Crippen molar-refractivity contribution in [3.63, 3.8) is 0 Å². The molecule has 1 N–H and O–H groups in total. The molecule has 0 bridgehead atoms. The van der Waals surface area contributed by atoms with Gasteiger partial charge in [0.1, 0.15) is 9.93 Å². The predicted octanol–water partition coefficient (Wildman–Crippen LogP) is 6.69. The molecule has 0 aromatic heterocycles. The molecule has 1 saturated heterocycles. The van der Waals surface area contributed by atoms with Gasteiger partial charge in [-0.3, -0.25) is 9.69 Å². The predicted molar refractivity (Wildman–Crippen MR) is 146 cm³/mol. The molecule has 6 nitrogen and oxygen atoms in total. The third-order valence-corrected chi connectivity index (χ3v) is 8.94. The molecular weight excluding hydrogens is 474 g/mol. The monoisotopic (exact) mass is 503 g/mol. The lowest BCUT2D eigenvalue weighted by atomic mass is 9.94. The van der Waals surface area contributed by atoms with Gasteiger partial charge in [-0.15, -0.1) is 0 Å². The first-order valence-corrected chi connectivity index (χ1v) is 13.9. The van der Waals surface area contributed by atoms with Crippen molar-refractivity contribution < 1.29 is 4.79 Å². The Kier molecular flexibility index (Phi) is 7.07. The lowest BCUT2D eigenvalue weighted by Gasteiger charge is -2.30. The Labute approximate surface area is 215 Å².